The van der Waals surface area contributed by atoms with E-state index in [1.54, 1.807) is 13.1 Å². The lowest BCUT2D eigenvalue weighted by molar-refractivity contribution is -0.389. The minimum Gasteiger partial charge on any atom is -0.395 e. The number of hydrogen-bond donors (Lipinski definition) is 1. The van der Waals surface area contributed by atoms with E-state index in [0.29, 0.717) is 5.69 Å². The topological polar surface area (TPSA) is 103 Å². The van der Waals surface area contributed by atoms with E-state index in [1.165, 1.54) is 15.2 Å². The summed E-state index contributed by atoms with van der Waals surface area (Å²) in [6, 6.07) is 0. The number of aromatic nitrogens is 3. The number of aliphatic hydroxyl groups is 1. The zero-order valence-corrected chi connectivity index (χ0v) is 9.03. The maximum Gasteiger partial charge on any atom is 0.382 e. The highest BCUT2D eigenvalue weighted by Gasteiger charge is 2.18. The summed E-state index contributed by atoms with van der Waals surface area (Å²) in [5.74, 6) is -0.372. The summed E-state index contributed by atoms with van der Waals surface area (Å²) in [4.78, 5) is 25.5. The minimum absolute atomic E-state index is 0.0178. The van der Waals surface area contributed by atoms with Gasteiger partial charge in [0.15, 0.2) is 0 Å². The van der Waals surface area contributed by atoms with Gasteiger partial charge in [0.05, 0.1) is 6.61 Å². The van der Waals surface area contributed by atoms with E-state index in [-0.39, 0.29) is 24.6 Å². The second kappa shape index (κ2) is 3.98. The van der Waals surface area contributed by atoms with Crippen LogP contribution in [0.25, 0.3) is 5.65 Å². The summed E-state index contributed by atoms with van der Waals surface area (Å²) >= 11 is 0. The summed E-state index contributed by atoms with van der Waals surface area (Å²) in [5, 5.41) is 19.4. The van der Waals surface area contributed by atoms with Crippen molar-refractivity contribution in [3.63, 3.8) is 0 Å². The van der Waals surface area contributed by atoms with Crippen LogP contribution in [0.2, 0.25) is 0 Å². The van der Waals surface area contributed by atoms with E-state index in [2.05, 4.69) is 4.98 Å². The van der Waals surface area contributed by atoms with Gasteiger partial charge < -0.3 is 19.8 Å². The molecule has 2 rings (SSSR count). The molecule has 2 heterocycles. The van der Waals surface area contributed by atoms with Gasteiger partial charge in [0.25, 0.3) is 0 Å². The molecule has 0 fully saturated rings. The molecule has 1 N–H and O–H groups in total. The van der Waals surface area contributed by atoms with Gasteiger partial charge in [-0.25, -0.2) is 0 Å². The molecule has 17 heavy (non-hydrogen) atoms. The smallest absolute Gasteiger partial charge is 0.382 e. The van der Waals surface area contributed by atoms with Crippen LogP contribution in [-0.2, 0) is 6.54 Å². The van der Waals surface area contributed by atoms with Gasteiger partial charge in [0.2, 0.25) is 0 Å². The predicted molar refractivity (Wildman–Crippen MR) is 57.9 cm³/mol. The molecule has 0 atom stereocenters. The summed E-state index contributed by atoms with van der Waals surface area (Å²) in [5.41, 5.74) is 0.131. The van der Waals surface area contributed by atoms with Crippen molar-refractivity contribution in [2.75, 3.05) is 6.61 Å². The molecule has 8 heteroatoms. The minimum atomic E-state index is -0.655. The van der Waals surface area contributed by atoms with Crippen molar-refractivity contribution in [3.8, 4) is 0 Å². The third kappa shape index (κ3) is 1.78. The third-order valence-corrected chi connectivity index (χ3v) is 2.42. The van der Waals surface area contributed by atoms with Gasteiger partial charge >= 0.3 is 17.0 Å². The fourth-order valence-electron chi connectivity index (χ4n) is 1.66. The fraction of sp³-hybridized carbons (Fsp3) is 0.333. The van der Waals surface area contributed by atoms with Crippen molar-refractivity contribution in [2.45, 2.75) is 13.5 Å². The lowest BCUT2D eigenvalue weighted by Gasteiger charge is -2.06. The number of fused-ring (bicyclic) bond motifs is 1. The Morgan fingerprint density at radius 1 is 1.53 bits per heavy atom. The number of aliphatic hydroxyl groups excluding tert-OH is 1. The van der Waals surface area contributed by atoms with Crippen LogP contribution in [0.4, 0.5) is 5.82 Å². The molecule has 0 saturated carbocycles. The average molecular weight is 238 g/mol. The van der Waals surface area contributed by atoms with Gasteiger partial charge in [-0.1, -0.05) is 0 Å². The molecule has 0 aliphatic carbocycles. The second-order valence-electron chi connectivity index (χ2n) is 3.54. The average Bonchev–Trinajstić information content (AvgIpc) is 2.68. The normalized spacial score (nSPS) is 10.9. The number of aryl methyl sites for hydroxylation is 1. The highest BCUT2D eigenvalue weighted by molar-refractivity contribution is 5.42. The molecule has 2 aromatic heterocycles. The predicted octanol–water partition coefficient (Wildman–Crippen LogP) is -0.295. The van der Waals surface area contributed by atoms with Crippen molar-refractivity contribution in [1.82, 2.24) is 14.0 Å². The summed E-state index contributed by atoms with van der Waals surface area (Å²) < 4.78 is 2.65. The molecule has 90 valence electrons. The highest BCUT2D eigenvalue weighted by atomic mass is 16.6. The molecule has 0 aliphatic rings. The van der Waals surface area contributed by atoms with E-state index in [1.807, 2.05) is 0 Å². The van der Waals surface area contributed by atoms with Gasteiger partial charge in [0, 0.05) is 18.4 Å². The van der Waals surface area contributed by atoms with Crippen LogP contribution in [0, 0.1) is 17.0 Å². The molecule has 8 nitrogen and oxygen atoms in total. The van der Waals surface area contributed by atoms with E-state index in [9.17, 15) is 14.9 Å². The van der Waals surface area contributed by atoms with Crippen LogP contribution in [-0.4, -0.2) is 30.6 Å². The second-order valence-corrected chi connectivity index (χ2v) is 3.54. The Morgan fingerprint density at radius 3 is 2.82 bits per heavy atom. The first-order chi connectivity index (χ1) is 8.04. The van der Waals surface area contributed by atoms with Crippen LogP contribution < -0.4 is 5.56 Å². The summed E-state index contributed by atoms with van der Waals surface area (Å²) in [7, 11) is 0. The SMILES string of the molecule is Cc1cn2cc([N+](=O)[O-])nc2c(=O)n1CCO. The molecule has 0 amide bonds. The number of rotatable bonds is 3. The van der Waals surface area contributed by atoms with Gasteiger partial charge in [-0.15, -0.1) is 0 Å². The van der Waals surface area contributed by atoms with E-state index in [0.717, 1.165) is 0 Å². The van der Waals surface area contributed by atoms with Gasteiger partial charge in [-0.2, -0.15) is 0 Å². The number of nitrogens with zero attached hydrogens (tertiary/aromatic N) is 4. The lowest BCUT2D eigenvalue weighted by atomic mass is 10.4. The number of hydrogen-bond acceptors (Lipinski definition) is 5. The van der Waals surface area contributed by atoms with Crippen molar-refractivity contribution >= 4 is 11.5 Å². The Morgan fingerprint density at radius 2 is 2.24 bits per heavy atom. The maximum absolute atomic E-state index is 11.9. The Balaban J connectivity index is 2.74. The van der Waals surface area contributed by atoms with Gasteiger partial charge in [0.1, 0.15) is 6.20 Å². The Bertz CT molecular complexity index is 642. The monoisotopic (exact) mass is 238 g/mol. The van der Waals surface area contributed by atoms with E-state index < -0.39 is 10.5 Å². The Kier molecular flexibility index (Phi) is 2.64. The van der Waals surface area contributed by atoms with Crippen LogP contribution >= 0.6 is 0 Å². The van der Waals surface area contributed by atoms with Crippen LogP contribution in [0.3, 0.4) is 0 Å². The first-order valence-corrected chi connectivity index (χ1v) is 4.89. The zero-order valence-electron chi connectivity index (χ0n) is 9.03. The summed E-state index contributed by atoms with van der Waals surface area (Å²) in [6.45, 7) is 1.64. The molecule has 0 spiro atoms. The molecule has 2 aromatic rings. The first-order valence-electron chi connectivity index (χ1n) is 4.89. The molecule has 0 aromatic carbocycles. The largest absolute Gasteiger partial charge is 0.395 e. The standard InChI is InChI=1S/C9H10N4O4/c1-6-4-11-5-7(13(16)17)10-8(11)9(15)12(6)2-3-14/h4-5,14H,2-3H2,1H3. The van der Waals surface area contributed by atoms with Crippen LogP contribution in [0.5, 0.6) is 0 Å². The van der Waals surface area contributed by atoms with Gasteiger partial charge in [-0.3, -0.25) is 9.20 Å². The van der Waals surface area contributed by atoms with E-state index in [4.69, 9.17) is 5.11 Å². The van der Waals surface area contributed by atoms with Crippen LogP contribution in [0.1, 0.15) is 5.69 Å². The van der Waals surface area contributed by atoms with Crippen LogP contribution in [0.15, 0.2) is 17.2 Å². The van der Waals surface area contributed by atoms with E-state index >= 15 is 0 Å². The Hall–Kier alpha value is -2.22. The number of nitro groups is 1. The maximum atomic E-state index is 11.9. The number of imidazole rings is 1. The van der Waals surface area contributed by atoms with Crippen molar-refractivity contribution in [2.24, 2.45) is 0 Å². The first kappa shape index (κ1) is 11.3. The van der Waals surface area contributed by atoms with Crippen molar-refractivity contribution in [1.29, 1.82) is 0 Å². The third-order valence-electron chi connectivity index (χ3n) is 2.42. The lowest BCUT2D eigenvalue weighted by Crippen LogP contribution is -2.25. The molecular formula is C9H10N4O4. The molecule has 0 saturated heterocycles. The Labute approximate surface area is 94.9 Å². The van der Waals surface area contributed by atoms with Crippen molar-refractivity contribution in [3.05, 3.63) is 38.6 Å². The van der Waals surface area contributed by atoms with Crippen molar-refractivity contribution < 1.29 is 10.0 Å². The molecule has 0 unspecified atom stereocenters. The molecular weight excluding hydrogens is 228 g/mol. The highest BCUT2D eigenvalue weighted by Crippen LogP contribution is 2.09. The zero-order chi connectivity index (χ0) is 12.6. The van der Waals surface area contributed by atoms with Gasteiger partial charge in [-0.05, 0) is 16.8 Å². The molecule has 0 aliphatic heterocycles. The quantitative estimate of drug-likeness (QED) is 0.584. The molecule has 0 radical (unpaired) electrons. The molecule has 0 bridgehead atoms. The fourth-order valence-corrected chi connectivity index (χ4v) is 1.66. The summed E-state index contributed by atoms with van der Waals surface area (Å²) in [6.07, 6.45) is 2.75.